The fourth-order valence-corrected chi connectivity index (χ4v) is 5.12. The van der Waals surface area contributed by atoms with Gasteiger partial charge >= 0.3 is 0 Å². The highest BCUT2D eigenvalue weighted by atomic mass is 32.2. The second kappa shape index (κ2) is 11.0. The highest BCUT2D eigenvalue weighted by molar-refractivity contribution is 7.99. The fraction of sp³-hybridized carbons (Fsp3) is 0.296. The standard InChI is InChI=1S/C27H30N2O4S/c1-28(2)15-16-29-23-14-13-22(33-18-19-7-5-4-6-8-19)17-24(23)34-26(25(30)27(29)31)20-9-11-21(32-3)12-10-20/h4-14,17,25-26,30H,15-16,18H2,1-3H3/t25-,26+/m0/s1. The lowest BCUT2D eigenvalue weighted by atomic mass is 10.1. The van der Waals surface area contributed by atoms with Crippen molar-refractivity contribution in [1.82, 2.24) is 4.90 Å². The zero-order valence-corrected chi connectivity index (χ0v) is 20.5. The molecule has 1 aliphatic rings. The molecular weight excluding hydrogens is 448 g/mol. The first-order valence-electron chi connectivity index (χ1n) is 11.2. The van der Waals surface area contributed by atoms with E-state index in [1.54, 1.807) is 12.0 Å². The third-order valence-electron chi connectivity index (χ3n) is 5.75. The number of aliphatic hydroxyl groups excluding tert-OH is 1. The van der Waals surface area contributed by atoms with Gasteiger partial charge in [0.25, 0.3) is 5.91 Å². The van der Waals surface area contributed by atoms with Gasteiger partial charge in [-0.2, -0.15) is 0 Å². The summed E-state index contributed by atoms with van der Waals surface area (Å²) < 4.78 is 11.3. The number of thioether (sulfide) groups is 1. The van der Waals surface area contributed by atoms with Crippen LogP contribution < -0.4 is 14.4 Å². The third-order valence-corrected chi connectivity index (χ3v) is 7.11. The van der Waals surface area contributed by atoms with Crippen molar-refractivity contribution in [1.29, 1.82) is 0 Å². The number of hydrogen-bond donors (Lipinski definition) is 1. The Morgan fingerprint density at radius 2 is 1.71 bits per heavy atom. The molecule has 1 heterocycles. The number of likely N-dealkylation sites (N-methyl/N-ethyl adjacent to an activating group) is 1. The van der Waals surface area contributed by atoms with E-state index in [2.05, 4.69) is 0 Å². The molecule has 178 valence electrons. The average Bonchev–Trinajstić information content (AvgIpc) is 2.96. The Kier molecular flexibility index (Phi) is 7.77. The van der Waals surface area contributed by atoms with Crippen LogP contribution in [0.15, 0.2) is 77.7 Å². The van der Waals surface area contributed by atoms with E-state index in [4.69, 9.17) is 9.47 Å². The van der Waals surface area contributed by atoms with Crippen LogP contribution in [0.5, 0.6) is 11.5 Å². The van der Waals surface area contributed by atoms with E-state index in [-0.39, 0.29) is 5.91 Å². The van der Waals surface area contributed by atoms with E-state index in [1.165, 1.54) is 11.8 Å². The van der Waals surface area contributed by atoms with Gasteiger partial charge < -0.3 is 24.4 Å². The van der Waals surface area contributed by atoms with E-state index < -0.39 is 11.4 Å². The predicted molar refractivity (Wildman–Crippen MR) is 136 cm³/mol. The molecule has 4 rings (SSSR count). The molecule has 0 fully saturated rings. The van der Waals surface area contributed by atoms with Gasteiger partial charge in [0.15, 0.2) is 0 Å². The van der Waals surface area contributed by atoms with E-state index >= 15 is 0 Å². The van der Waals surface area contributed by atoms with Gasteiger partial charge in [-0.1, -0.05) is 42.5 Å². The lowest BCUT2D eigenvalue weighted by Crippen LogP contribution is -2.43. The lowest BCUT2D eigenvalue weighted by Gasteiger charge is -2.26. The minimum atomic E-state index is -1.18. The Bertz CT molecular complexity index is 1110. The zero-order chi connectivity index (χ0) is 24.1. The SMILES string of the molecule is COc1ccc([C@H]2Sc3cc(OCc4ccccc4)ccc3N(CCN(C)C)C(=O)[C@H]2O)cc1. The number of amides is 1. The summed E-state index contributed by atoms with van der Waals surface area (Å²) in [7, 11) is 5.55. The molecule has 1 amide bonds. The number of ether oxygens (including phenoxy) is 2. The number of carbonyl (C=O) groups excluding carboxylic acids is 1. The number of rotatable bonds is 8. The summed E-state index contributed by atoms with van der Waals surface area (Å²) in [6.07, 6.45) is -1.18. The summed E-state index contributed by atoms with van der Waals surface area (Å²) in [6.45, 7) is 1.62. The highest BCUT2D eigenvalue weighted by Gasteiger charge is 2.37. The highest BCUT2D eigenvalue weighted by Crippen LogP contribution is 2.47. The van der Waals surface area contributed by atoms with Crippen LogP contribution in [0.3, 0.4) is 0 Å². The number of aliphatic hydroxyl groups is 1. The number of carbonyl (C=O) groups is 1. The molecule has 0 saturated heterocycles. The molecule has 34 heavy (non-hydrogen) atoms. The summed E-state index contributed by atoms with van der Waals surface area (Å²) in [4.78, 5) is 18.0. The van der Waals surface area contributed by atoms with Crippen LogP contribution in [0.2, 0.25) is 0 Å². The Morgan fingerprint density at radius 1 is 1.00 bits per heavy atom. The molecule has 7 heteroatoms. The molecule has 0 saturated carbocycles. The molecule has 2 atom stereocenters. The second-order valence-electron chi connectivity index (χ2n) is 8.45. The molecule has 0 spiro atoms. The van der Waals surface area contributed by atoms with E-state index in [1.807, 2.05) is 91.8 Å². The van der Waals surface area contributed by atoms with Gasteiger partial charge in [-0.15, -0.1) is 11.8 Å². The maximum atomic E-state index is 13.4. The molecule has 0 unspecified atom stereocenters. The first-order valence-corrected chi connectivity index (χ1v) is 12.1. The molecule has 3 aromatic carbocycles. The molecule has 0 aromatic heterocycles. The summed E-state index contributed by atoms with van der Waals surface area (Å²) in [5.74, 6) is 1.15. The summed E-state index contributed by atoms with van der Waals surface area (Å²) >= 11 is 1.48. The van der Waals surface area contributed by atoms with Crippen molar-refractivity contribution in [3.8, 4) is 11.5 Å². The van der Waals surface area contributed by atoms with Crippen LogP contribution in [0.1, 0.15) is 16.4 Å². The van der Waals surface area contributed by atoms with Crippen molar-refractivity contribution in [2.75, 3.05) is 39.2 Å². The largest absolute Gasteiger partial charge is 0.497 e. The first kappa shape index (κ1) is 24.1. The minimum absolute atomic E-state index is 0.299. The van der Waals surface area contributed by atoms with Gasteiger partial charge in [-0.05, 0) is 55.6 Å². The molecule has 0 aliphatic carbocycles. The van der Waals surface area contributed by atoms with Crippen molar-refractivity contribution >= 4 is 23.4 Å². The van der Waals surface area contributed by atoms with Crippen molar-refractivity contribution in [2.45, 2.75) is 22.9 Å². The number of benzene rings is 3. The fourth-order valence-electron chi connectivity index (χ4n) is 3.83. The van der Waals surface area contributed by atoms with Crippen molar-refractivity contribution in [3.05, 3.63) is 83.9 Å². The lowest BCUT2D eigenvalue weighted by molar-refractivity contribution is -0.126. The van der Waals surface area contributed by atoms with Gasteiger partial charge in [0, 0.05) is 18.0 Å². The maximum absolute atomic E-state index is 13.4. The van der Waals surface area contributed by atoms with Gasteiger partial charge in [0.2, 0.25) is 0 Å². The number of anilines is 1. The Morgan fingerprint density at radius 3 is 2.38 bits per heavy atom. The van der Waals surface area contributed by atoms with E-state index in [0.29, 0.717) is 19.7 Å². The van der Waals surface area contributed by atoms with Crippen LogP contribution in [-0.4, -0.2) is 56.3 Å². The van der Waals surface area contributed by atoms with Crippen molar-refractivity contribution < 1.29 is 19.4 Å². The predicted octanol–water partition coefficient (Wildman–Crippen LogP) is 4.38. The summed E-state index contributed by atoms with van der Waals surface area (Å²) in [5.41, 5.74) is 2.74. The molecule has 1 aliphatic heterocycles. The van der Waals surface area contributed by atoms with Gasteiger partial charge in [-0.25, -0.2) is 0 Å². The average molecular weight is 479 g/mol. The van der Waals surface area contributed by atoms with Gasteiger partial charge in [-0.3, -0.25) is 4.79 Å². The normalized spacial score (nSPS) is 17.9. The van der Waals surface area contributed by atoms with Gasteiger partial charge in [0.05, 0.1) is 18.0 Å². The third kappa shape index (κ3) is 5.55. The molecule has 0 bridgehead atoms. The van der Waals surface area contributed by atoms with Gasteiger partial charge in [0.1, 0.15) is 24.2 Å². The van der Waals surface area contributed by atoms with Crippen LogP contribution in [0.25, 0.3) is 0 Å². The molecule has 3 aromatic rings. The topological polar surface area (TPSA) is 62.2 Å². The Balaban J connectivity index is 1.67. The minimum Gasteiger partial charge on any atom is -0.497 e. The summed E-state index contributed by atoms with van der Waals surface area (Å²) in [5, 5.41) is 10.7. The van der Waals surface area contributed by atoms with Crippen molar-refractivity contribution in [2.24, 2.45) is 0 Å². The Labute approximate surface area is 205 Å². The number of nitrogens with zero attached hydrogens (tertiary/aromatic N) is 2. The number of hydrogen-bond acceptors (Lipinski definition) is 6. The Hall–Kier alpha value is -3.00. The number of fused-ring (bicyclic) bond motifs is 1. The quantitative estimate of drug-likeness (QED) is 0.519. The van der Waals surface area contributed by atoms with Crippen LogP contribution >= 0.6 is 11.8 Å². The van der Waals surface area contributed by atoms with Crippen molar-refractivity contribution in [3.63, 3.8) is 0 Å². The zero-order valence-electron chi connectivity index (χ0n) is 19.7. The number of methoxy groups -OCH3 is 1. The van der Waals surface area contributed by atoms with E-state index in [0.717, 1.165) is 33.2 Å². The molecule has 6 nitrogen and oxygen atoms in total. The smallest absolute Gasteiger partial charge is 0.257 e. The van der Waals surface area contributed by atoms with Crippen LogP contribution in [-0.2, 0) is 11.4 Å². The summed E-state index contributed by atoms with van der Waals surface area (Å²) in [6, 6.07) is 23.3. The van der Waals surface area contributed by atoms with Crippen LogP contribution in [0, 0.1) is 0 Å². The molecular formula is C27H30N2O4S. The maximum Gasteiger partial charge on any atom is 0.257 e. The molecule has 1 N–H and O–H groups in total. The van der Waals surface area contributed by atoms with E-state index in [9.17, 15) is 9.90 Å². The monoisotopic (exact) mass is 478 g/mol. The second-order valence-corrected chi connectivity index (χ2v) is 9.64. The molecule has 0 radical (unpaired) electrons. The van der Waals surface area contributed by atoms with Crippen LogP contribution in [0.4, 0.5) is 5.69 Å². The first-order chi connectivity index (χ1) is 16.5.